The molecule has 0 aliphatic rings. The van der Waals surface area contributed by atoms with Crippen molar-refractivity contribution in [2.75, 3.05) is 30.8 Å². The van der Waals surface area contributed by atoms with E-state index in [2.05, 4.69) is 30.3 Å². The first kappa shape index (κ1) is 23.5. The molecular formula is C21H29N7O3S. The lowest BCUT2D eigenvalue weighted by atomic mass is 10.2. The second kappa shape index (κ2) is 9.96. The summed E-state index contributed by atoms with van der Waals surface area (Å²) in [5.74, 6) is 2.64. The number of rotatable bonds is 10. The van der Waals surface area contributed by atoms with Crippen LogP contribution in [0.3, 0.4) is 0 Å². The largest absolute Gasteiger partial charge is 0.497 e. The van der Waals surface area contributed by atoms with Crippen molar-refractivity contribution in [2.45, 2.75) is 31.7 Å². The van der Waals surface area contributed by atoms with Crippen molar-refractivity contribution in [1.29, 1.82) is 0 Å². The van der Waals surface area contributed by atoms with E-state index in [0.29, 0.717) is 24.1 Å². The summed E-state index contributed by atoms with van der Waals surface area (Å²) >= 11 is 0. The Kier molecular flexibility index (Phi) is 7.31. The number of hydrogen-bond acceptors (Lipinski definition) is 8. The van der Waals surface area contributed by atoms with E-state index in [1.165, 1.54) is 6.20 Å². The van der Waals surface area contributed by atoms with Crippen LogP contribution in [-0.4, -0.2) is 48.1 Å². The van der Waals surface area contributed by atoms with E-state index in [0.717, 1.165) is 17.1 Å². The molecule has 10 nitrogen and oxygen atoms in total. The number of anilines is 3. The van der Waals surface area contributed by atoms with Gasteiger partial charge >= 0.3 is 0 Å². The monoisotopic (exact) mass is 459 g/mol. The average Bonchev–Trinajstić information content (AvgIpc) is 3.14. The van der Waals surface area contributed by atoms with Crippen LogP contribution in [0.25, 0.3) is 0 Å². The van der Waals surface area contributed by atoms with Crippen LogP contribution in [0.2, 0.25) is 0 Å². The van der Waals surface area contributed by atoms with E-state index in [4.69, 9.17) is 4.74 Å². The van der Waals surface area contributed by atoms with Gasteiger partial charge in [-0.05, 0) is 31.2 Å². The molecule has 2 heterocycles. The number of aromatic nitrogens is 4. The molecule has 0 saturated heterocycles. The van der Waals surface area contributed by atoms with Crippen molar-refractivity contribution in [3.05, 3.63) is 48.0 Å². The van der Waals surface area contributed by atoms with Gasteiger partial charge in [-0.15, -0.1) is 0 Å². The Bertz CT molecular complexity index is 1160. The summed E-state index contributed by atoms with van der Waals surface area (Å²) < 4.78 is 34.5. The quantitative estimate of drug-likeness (QED) is 0.396. The fourth-order valence-electron chi connectivity index (χ4n) is 3.09. The highest BCUT2D eigenvalue weighted by Crippen LogP contribution is 2.20. The van der Waals surface area contributed by atoms with Gasteiger partial charge in [-0.2, -0.15) is 4.98 Å². The number of methoxy groups -OCH3 is 1. The summed E-state index contributed by atoms with van der Waals surface area (Å²) in [5, 5.41) is 6.29. The van der Waals surface area contributed by atoms with Crippen LogP contribution in [0, 0.1) is 6.92 Å². The van der Waals surface area contributed by atoms with Crippen LogP contribution < -0.4 is 20.1 Å². The molecule has 3 N–H and O–H groups in total. The smallest absolute Gasteiger partial charge is 0.259 e. The van der Waals surface area contributed by atoms with Crippen LogP contribution in [-0.2, 0) is 17.1 Å². The van der Waals surface area contributed by atoms with Gasteiger partial charge in [0, 0.05) is 49.7 Å². The third-order valence-corrected chi connectivity index (χ3v) is 5.93. The van der Waals surface area contributed by atoms with E-state index >= 15 is 0 Å². The molecule has 0 spiro atoms. The van der Waals surface area contributed by atoms with Crippen molar-refractivity contribution < 1.29 is 13.2 Å². The van der Waals surface area contributed by atoms with Crippen LogP contribution in [0.1, 0.15) is 31.3 Å². The molecule has 0 fully saturated rings. The van der Waals surface area contributed by atoms with Crippen molar-refractivity contribution in [3.8, 4) is 5.75 Å². The summed E-state index contributed by atoms with van der Waals surface area (Å²) in [6, 6.07) is 9.31. The summed E-state index contributed by atoms with van der Waals surface area (Å²) in [6.07, 6.45) is 1.52. The number of sulfonamides is 1. The van der Waals surface area contributed by atoms with Gasteiger partial charge in [0.2, 0.25) is 5.95 Å². The van der Waals surface area contributed by atoms with Crippen molar-refractivity contribution in [1.82, 2.24) is 24.2 Å². The SMILES string of the molecule is COc1ccc(Nc2cc(C)nc(NCCNS(=O)(=O)c3cn(C)c(C(C)C)n3)n2)cc1. The van der Waals surface area contributed by atoms with Gasteiger partial charge in [0.15, 0.2) is 5.03 Å². The third kappa shape index (κ3) is 5.95. The Morgan fingerprint density at radius 1 is 1.09 bits per heavy atom. The first-order valence-electron chi connectivity index (χ1n) is 10.2. The highest BCUT2D eigenvalue weighted by Gasteiger charge is 2.20. The molecule has 0 radical (unpaired) electrons. The Labute approximate surface area is 188 Å². The fraction of sp³-hybridized carbons (Fsp3) is 0.381. The molecule has 3 aromatic rings. The number of benzene rings is 1. The molecule has 3 rings (SSSR count). The summed E-state index contributed by atoms with van der Waals surface area (Å²) in [4.78, 5) is 13.0. The molecule has 172 valence electrons. The van der Waals surface area contributed by atoms with Crippen molar-refractivity contribution in [3.63, 3.8) is 0 Å². The topological polar surface area (TPSA) is 123 Å². The lowest BCUT2D eigenvalue weighted by Crippen LogP contribution is -2.29. The van der Waals surface area contributed by atoms with Gasteiger partial charge in [0.1, 0.15) is 17.4 Å². The van der Waals surface area contributed by atoms with Crippen molar-refractivity contribution in [2.24, 2.45) is 7.05 Å². The van der Waals surface area contributed by atoms with E-state index in [1.807, 2.05) is 51.1 Å². The number of nitrogens with zero attached hydrogens (tertiary/aromatic N) is 4. The second-order valence-electron chi connectivity index (χ2n) is 7.60. The molecule has 32 heavy (non-hydrogen) atoms. The minimum Gasteiger partial charge on any atom is -0.497 e. The molecule has 0 saturated carbocycles. The van der Waals surface area contributed by atoms with Gasteiger partial charge in [0.05, 0.1) is 7.11 Å². The average molecular weight is 460 g/mol. The third-order valence-electron chi connectivity index (χ3n) is 4.60. The number of hydrogen-bond donors (Lipinski definition) is 3. The van der Waals surface area contributed by atoms with Crippen LogP contribution in [0.5, 0.6) is 5.75 Å². The first-order chi connectivity index (χ1) is 15.2. The van der Waals surface area contributed by atoms with Crippen LogP contribution >= 0.6 is 0 Å². The van der Waals surface area contributed by atoms with Gasteiger partial charge in [-0.25, -0.2) is 23.1 Å². The molecule has 0 unspecified atom stereocenters. The minimum atomic E-state index is -3.70. The molecule has 0 atom stereocenters. The molecule has 0 bridgehead atoms. The number of ether oxygens (including phenoxy) is 1. The molecule has 2 aromatic heterocycles. The van der Waals surface area contributed by atoms with Crippen LogP contribution in [0.15, 0.2) is 41.6 Å². The lowest BCUT2D eigenvalue weighted by molar-refractivity contribution is 0.415. The Hall–Kier alpha value is -3.18. The molecule has 11 heteroatoms. The number of nitrogens with one attached hydrogen (secondary N) is 3. The van der Waals surface area contributed by atoms with Gasteiger partial charge < -0.3 is 19.9 Å². The molecule has 0 amide bonds. The van der Waals surface area contributed by atoms with E-state index in [9.17, 15) is 8.42 Å². The standard InChI is InChI=1S/C21H29N7O3S/c1-14(2)20-27-19(13-28(20)4)32(29,30)23-11-10-22-21-24-15(3)12-18(26-21)25-16-6-8-17(31-5)9-7-16/h6-9,12-14,23H,10-11H2,1-5H3,(H2,22,24,25,26). The zero-order valence-electron chi connectivity index (χ0n) is 18.9. The summed E-state index contributed by atoms with van der Waals surface area (Å²) in [6.45, 7) is 6.27. The minimum absolute atomic E-state index is 0.0153. The van der Waals surface area contributed by atoms with Crippen LogP contribution in [0.4, 0.5) is 17.5 Å². The normalized spacial score (nSPS) is 11.6. The zero-order chi connectivity index (χ0) is 23.3. The maximum absolute atomic E-state index is 12.5. The first-order valence-corrected chi connectivity index (χ1v) is 11.7. The summed E-state index contributed by atoms with van der Waals surface area (Å²) in [7, 11) is -0.292. The predicted molar refractivity (Wildman–Crippen MR) is 124 cm³/mol. The maximum atomic E-state index is 12.5. The fourth-order valence-corrected chi connectivity index (χ4v) is 4.12. The van der Waals surface area contributed by atoms with Crippen molar-refractivity contribution >= 4 is 27.5 Å². The second-order valence-corrected chi connectivity index (χ2v) is 9.31. The molecule has 1 aromatic carbocycles. The van der Waals surface area contributed by atoms with E-state index < -0.39 is 10.0 Å². The van der Waals surface area contributed by atoms with Gasteiger partial charge in [0.25, 0.3) is 10.0 Å². The molecule has 0 aliphatic heterocycles. The Morgan fingerprint density at radius 2 is 1.81 bits per heavy atom. The van der Waals surface area contributed by atoms with E-state index in [1.54, 1.807) is 18.7 Å². The predicted octanol–water partition coefficient (Wildman–Crippen LogP) is 2.78. The molecular weight excluding hydrogens is 430 g/mol. The zero-order valence-corrected chi connectivity index (χ0v) is 19.7. The Balaban J connectivity index is 1.58. The number of aryl methyl sites for hydroxylation is 2. The maximum Gasteiger partial charge on any atom is 0.259 e. The van der Waals surface area contributed by atoms with Gasteiger partial charge in [-0.3, -0.25) is 0 Å². The van der Waals surface area contributed by atoms with E-state index in [-0.39, 0.29) is 17.5 Å². The Morgan fingerprint density at radius 3 is 2.44 bits per heavy atom. The summed E-state index contributed by atoms with van der Waals surface area (Å²) in [5.41, 5.74) is 1.63. The molecule has 0 aliphatic carbocycles. The lowest BCUT2D eigenvalue weighted by Gasteiger charge is -2.11. The van der Waals surface area contributed by atoms with Gasteiger partial charge in [-0.1, -0.05) is 13.8 Å². The highest BCUT2D eigenvalue weighted by atomic mass is 32.2. The highest BCUT2D eigenvalue weighted by molar-refractivity contribution is 7.89. The number of imidazole rings is 1.